The Morgan fingerprint density at radius 1 is 0.347 bits per heavy atom. The Hall–Kier alpha value is -6.30. The number of rotatable bonds is 6. The van der Waals surface area contributed by atoms with Crippen molar-refractivity contribution in [2.75, 3.05) is 0 Å². The number of thiophene rings is 1. The van der Waals surface area contributed by atoms with Crippen LogP contribution in [0.4, 0.5) is 0 Å². The summed E-state index contributed by atoms with van der Waals surface area (Å²) in [6.07, 6.45) is 0. The molecule has 0 saturated heterocycles. The van der Waals surface area contributed by atoms with E-state index >= 15 is 0 Å². The second kappa shape index (κ2) is 12.4. The van der Waals surface area contributed by atoms with Gasteiger partial charge in [0.25, 0.3) is 0 Å². The molecule has 6 aromatic carbocycles. The van der Waals surface area contributed by atoms with Gasteiger partial charge in [-0.15, -0.1) is 11.3 Å². The fourth-order valence-corrected chi connectivity index (χ4v) is 7.75. The van der Waals surface area contributed by atoms with Crippen molar-refractivity contribution in [1.29, 1.82) is 0 Å². The summed E-state index contributed by atoms with van der Waals surface area (Å²) in [6.45, 7) is 0. The Labute approximate surface area is 288 Å². The molecule has 0 atom stereocenters. The van der Waals surface area contributed by atoms with Gasteiger partial charge in [-0.05, 0) is 17.2 Å². The smallest absolute Gasteiger partial charge is 0.164 e. The molecule has 0 saturated carbocycles. The van der Waals surface area contributed by atoms with Crippen LogP contribution in [0.2, 0.25) is 0 Å². The maximum Gasteiger partial charge on any atom is 0.164 e. The first-order valence-electron chi connectivity index (χ1n) is 16.2. The highest BCUT2D eigenvalue weighted by atomic mass is 32.1. The molecule has 230 valence electrons. The van der Waals surface area contributed by atoms with E-state index in [0.29, 0.717) is 17.5 Å². The second-order valence-electron chi connectivity index (χ2n) is 11.8. The number of aromatic nitrogens is 4. The molecule has 0 radical (unpaired) electrons. The van der Waals surface area contributed by atoms with E-state index in [1.807, 2.05) is 72.0 Å². The fourth-order valence-electron chi connectivity index (χ4n) is 6.39. The van der Waals surface area contributed by atoms with Crippen LogP contribution in [0.1, 0.15) is 0 Å². The summed E-state index contributed by atoms with van der Waals surface area (Å²) in [7, 11) is 0. The summed E-state index contributed by atoms with van der Waals surface area (Å²) < 4.78 is 1.18. The Morgan fingerprint density at radius 2 is 0.776 bits per heavy atom. The molecule has 3 heterocycles. The van der Waals surface area contributed by atoms with Crippen LogP contribution in [0, 0.1) is 0 Å². The lowest BCUT2D eigenvalue weighted by Crippen LogP contribution is -2.00. The largest absolute Gasteiger partial charge is 0.246 e. The van der Waals surface area contributed by atoms with E-state index in [2.05, 4.69) is 109 Å². The first-order chi connectivity index (χ1) is 24.3. The van der Waals surface area contributed by atoms with Gasteiger partial charge in [0.1, 0.15) is 0 Å². The predicted molar refractivity (Wildman–Crippen MR) is 203 cm³/mol. The standard InChI is InChI=1S/C44H28N4S/c1-5-15-30(16-6-1)39-41-38(35-23-13-14-24-36(35)45-39)37(40(49-41)31-17-7-2-8-18-31)29-25-27-34(28-26-29)44-47-42(32-19-9-3-10-20-32)46-43(48-44)33-21-11-4-12-22-33/h1-28H. The highest BCUT2D eigenvalue weighted by Crippen LogP contribution is 2.50. The van der Waals surface area contributed by atoms with Crippen LogP contribution in [-0.2, 0) is 0 Å². The quantitative estimate of drug-likeness (QED) is 0.181. The summed E-state index contributed by atoms with van der Waals surface area (Å²) in [4.78, 5) is 21.2. The molecule has 49 heavy (non-hydrogen) atoms. The molecule has 0 fully saturated rings. The zero-order valence-electron chi connectivity index (χ0n) is 26.4. The number of nitrogens with zero attached hydrogens (tertiary/aromatic N) is 4. The number of hydrogen-bond acceptors (Lipinski definition) is 5. The Balaban J connectivity index is 1.25. The number of para-hydroxylation sites is 1. The SMILES string of the molecule is c1ccc(-c2nc(-c3ccccc3)nc(-c3ccc(-c4c(-c5ccccc5)sc5c(-c6ccccc6)nc6ccccc6c45)cc3)n2)cc1. The molecule has 0 unspecified atom stereocenters. The molecule has 0 aliphatic carbocycles. The molecular weight excluding hydrogens is 617 g/mol. The van der Waals surface area contributed by atoms with Crippen molar-refractivity contribution in [1.82, 2.24) is 19.9 Å². The van der Waals surface area contributed by atoms with Gasteiger partial charge in [0.2, 0.25) is 0 Å². The Bertz CT molecular complexity index is 2510. The number of fused-ring (bicyclic) bond motifs is 3. The van der Waals surface area contributed by atoms with E-state index in [9.17, 15) is 0 Å². The number of pyridine rings is 1. The minimum absolute atomic E-state index is 0.638. The average Bonchev–Trinajstić information content (AvgIpc) is 3.60. The molecule has 4 nitrogen and oxygen atoms in total. The summed E-state index contributed by atoms with van der Waals surface area (Å²) in [5.74, 6) is 1.94. The fraction of sp³-hybridized carbons (Fsp3) is 0. The summed E-state index contributed by atoms with van der Waals surface area (Å²) in [6, 6.07) is 58.5. The average molecular weight is 645 g/mol. The highest BCUT2D eigenvalue weighted by molar-refractivity contribution is 7.23. The summed E-state index contributed by atoms with van der Waals surface area (Å²) in [5, 5.41) is 2.37. The number of benzene rings is 6. The molecule has 3 aromatic heterocycles. The Kier molecular flexibility index (Phi) is 7.30. The van der Waals surface area contributed by atoms with Gasteiger partial charge in [-0.25, -0.2) is 19.9 Å². The third kappa shape index (κ3) is 5.36. The second-order valence-corrected chi connectivity index (χ2v) is 12.9. The zero-order chi connectivity index (χ0) is 32.6. The highest BCUT2D eigenvalue weighted by Gasteiger charge is 2.22. The van der Waals surface area contributed by atoms with E-state index in [4.69, 9.17) is 19.9 Å². The van der Waals surface area contributed by atoms with Gasteiger partial charge in [-0.2, -0.15) is 0 Å². The van der Waals surface area contributed by atoms with Crippen molar-refractivity contribution in [2.45, 2.75) is 0 Å². The molecule has 0 aliphatic rings. The van der Waals surface area contributed by atoms with Crippen molar-refractivity contribution < 1.29 is 0 Å². The predicted octanol–water partition coefficient (Wildman–Crippen LogP) is 11.6. The summed E-state index contributed by atoms with van der Waals surface area (Å²) >= 11 is 1.81. The number of hydrogen-bond donors (Lipinski definition) is 0. The maximum atomic E-state index is 5.22. The molecule has 0 aliphatic heterocycles. The lowest BCUT2D eigenvalue weighted by atomic mass is 9.95. The van der Waals surface area contributed by atoms with E-state index in [0.717, 1.165) is 44.4 Å². The zero-order valence-corrected chi connectivity index (χ0v) is 27.2. The van der Waals surface area contributed by atoms with Crippen molar-refractivity contribution in [3.8, 4) is 67.0 Å². The van der Waals surface area contributed by atoms with Crippen LogP contribution < -0.4 is 0 Å². The molecule has 5 heteroatoms. The molecule has 0 amide bonds. The van der Waals surface area contributed by atoms with E-state index < -0.39 is 0 Å². The first kappa shape index (κ1) is 28.9. The maximum absolute atomic E-state index is 5.22. The van der Waals surface area contributed by atoms with Crippen LogP contribution in [0.25, 0.3) is 88.0 Å². The Morgan fingerprint density at radius 3 is 1.33 bits per heavy atom. The van der Waals surface area contributed by atoms with Gasteiger partial charge in [-0.1, -0.05) is 164 Å². The molecular formula is C44H28N4S. The van der Waals surface area contributed by atoms with Crippen LogP contribution in [0.15, 0.2) is 170 Å². The molecule has 9 aromatic rings. The monoisotopic (exact) mass is 644 g/mol. The topological polar surface area (TPSA) is 51.6 Å². The summed E-state index contributed by atoms with van der Waals surface area (Å²) in [5.41, 5.74) is 9.45. The van der Waals surface area contributed by atoms with Gasteiger partial charge < -0.3 is 0 Å². The van der Waals surface area contributed by atoms with E-state index in [1.54, 1.807) is 0 Å². The van der Waals surface area contributed by atoms with Gasteiger partial charge >= 0.3 is 0 Å². The molecule has 0 spiro atoms. The lowest BCUT2D eigenvalue weighted by molar-refractivity contribution is 1.07. The van der Waals surface area contributed by atoms with Crippen LogP contribution >= 0.6 is 11.3 Å². The van der Waals surface area contributed by atoms with Gasteiger partial charge in [0.05, 0.1) is 15.9 Å². The third-order valence-corrected chi connectivity index (χ3v) is 9.99. The van der Waals surface area contributed by atoms with E-state index in [1.165, 1.54) is 26.1 Å². The normalized spacial score (nSPS) is 11.3. The van der Waals surface area contributed by atoms with Crippen molar-refractivity contribution in [3.05, 3.63) is 170 Å². The van der Waals surface area contributed by atoms with Crippen molar-refractivity contribution >= 4 is 32.3 Å². The van der Waals surface area contributed by atoms with Gasteiger partial charge in [0.15, 0.2) is 17.5 Å². The van der Waals surface area contributed by atoms with Gasteiger partial charge in [0, 0.05) is 43.5 Å². The van der Waals surface area contributed by atoms with Crippen molar-refractivity contribution in [3.63, 3.8) is 0 Å². The first-order valence-corrected chi connectivity index (χ1v) is 17.1. The molecule has 0 N–H and O–H groups in total. The molecule has 0 bridgehead atoms. The van der Waals surface area contributed by atoms with Crippen LogP contribution in [-0.4, -0.2) is 19.9 Å². The lowest BCUT2D eigenvalue weighted by Gasteiger charge is -2.11. The minimum Gasteiger partial charge on any atom is -0.246 e. The van der Waals surface area contributed by atoms with Crippen LogP contribution in [0.5, 0.6) is 0 Å². The minimum atomic E-state index is 0.638. The van der Waals surface area contributed by atoms with Gasteiger partial charge in [-0.3, -0.25) is 0 Å². The van der Waals surface area contributed by atoms with Crippen LogP contribution in [0.3, 0.4) is 0 Å². The van der Waals surface area contributed by atoms with Crippen molar-refractivity contribution in [2.24, 2.45) is 0 Å². The molecule has 9 rings (SSSR count). The third-order valence-electron chi connectivity index (χ3n) is 8.74. The van der Waals surface area contributed by atoms with E-state index in [-0.39, 0.29) is 0 Å².